The molecule has 0 radical (unpaired) electrons. The Bertz CT molecular complexity index is 906. The number of nitrogens with two attached hydrogens (primary N) is 1. The lowest BCUT2D eigenvalue weighted by Crippen LogP contribution is -2.20. The quantitative estimate of drug-likeness (QED) is 0.410. The maximum absolute atomic E-state index is 12.2. The molecule has 0 spiro atoms. The summed E-state index contributed by atoms with van der Waals surface area (Å²) in [7, 11) is 4.49. The first-order chi connectivity index (χ1) is 12.8. The fourth-order valence-corrected chi connectivity index (χ4v) is 2.64. The number of hydrazone groups is 1. The minimum atomic E-state index is -0.721. The van der Waals surface area contributed by atoms with E-state index in [1.54, 1.807) is 12.1 Å². The van der Waals surface area contributed by atoms with Gasteiger partial charge in [-0.25, -0.2) is 10.4 Å². The van der Waals surface area contributed by atoms with Crippen molar-refractivity contribution in [3.8, 4) is 17.2 Å². The fourth-order valence-electron chi connectivity index (χ4n) is 2.05. The Hall–Kier alpha value is -2.42. The van der Waals surface area contributed by atoms with E-state index in [1.807, 2.05) is 0 Å². The number of carbonyl (C=O) groups excluding carboxylic acids is 1. The second kappa shape index (κ2) is 8.98. The number of nitrogens with one attached hydrogen (secondary N) is 1. The molecule has 1 aromatic carbocycles. The van der Waals surface area contributed by atoms with Gasteiger partial charge in [0.25, 0.3) is 5.91 Å². The topological polar surface area (TPSA) is 108 Å². The molecule has 11 heteroatoms. The molecule has 1 amide bonds. The first-order valence-electron chi connectivity index (χ1n) is 7.27. The lowest BCUT2D eigenvalue weighted by atomic mass is 10.2. The molecular weight excluding hydrogens is 419 g/mol. The van der Waals surface area contributed by atoms with Gasteiger partial charge in [0.15, 0.2) is 22.3 Å². The van der Waals surface area contributed by atoms with Gasteiger partial charge >= 0.3 is 0 Å². The monoisotopic (exact) mass is 432 g/mol. The molecule has 1 aromatic heterocycles. The number of hydrogen-bond donors (Lipinski definition) is 2. The van der Waals surface area contributed by atoms with E-state index in [-0.39, 0.29) is 26.6 Å². The average molecular weight is 434 g/mol. The molecule has 2 rings (SSSR count). The van der Waals surface area contributed by atoms with Crippen molar-refractivity contribution in [2.75, 3.05) is 27.1 Å². The summed E-state index contributed by atoms with van der Waals surface area (Å²) in [6.45, 7) is 0. The number of halogens is 3. The zero-order chi connectivity index (χ0) is 20.1. The summed E-state index contributed by atoms with van der Waals surface area (Å²) in [5.41, 5.74) is 8.24. The van der Waals surface area contributed by atoms with E-state index in [2.05, 4.69) is 15.5 Å². The Morgan fingerprint density at radius 3 is 2.26 bits per heavy atom. The summed E-state index contributed by atoms with van der Waals surface area (Å²) < 4.78 is 15.7. The summed E-state index contributed by atoms with van der Waals surface area (Å²) in [4.78, 5) is 16.1. The Labute approximate surface area is 170 Å². The molecule has 3 N–H and O–H groups in total. The SMILES string of the molecule is COc1cc(OC)c(OC)cc1/C=N/NC(=O)c1nc(Cl)c(Cl)c(N)c1Cl. The molecule has 0 bridgehead atoms. The molecule has 1 heterocycles. The van der Waals surface area contributed by atoms with Gasteiger partial charge in [-0.15, -0.1) is 0 Å². The molecular formula is C16H15Cl3N4O4. The number of benzene rings is 1. The minimum Gasteiger partial charge on any atom is -0.496 e. The van der Waals surface area contributed by atoms with Crippen LogP contribution < -0.4 is 25.4 Å². The number of aromatic nitrogens is 1. The first-order valence-corrected chi connectivity index (χ1v) is 8.40. The number of nitrogen functional groups attached to an aromatic ring is 1. The molecule has 2 aromatic rings. The number of hydrogen-bond acceptors (Lipinski definition) is 7. The Morgan fingerprint density at radius 2 is 1.67 bits per heavy atom. The minimum absolute atomic E-state index is 0.0308. The van der Waals surface area contributed by atoms with Crippen molar-refractivity contribution < 1.29 is 19.0 Å². The van der Waals surface area contributed by atoms with Crippen molar-refractivity contribution in [2.24, 2.45) is 5.10 Å². The van der Waals surface area contributed by atoms with Crippen molar-refractivity contribution in [1.82, 2.24) is 10.4 Å². The van der Waals surface area contributed by atoms with Gasteiger partial charge in [0.05, 0.1) is 38.3 Å². The van der Waals surface area contributed by atoms with E-state index in [4.69, 9.17) is 54.7 Å². The summed E-state index contributed by atoms with van der Waals surface area (Å²) >= 11 is 17.6. The molecule has 27 heavy (non-hydrogen) atoms. The third-order valence-corrected chi connectivity index (χ3v) is 4.53. The lowest BCUT2D eigenvalue weighted by molar-refractivity contribution is 0.0950. The third-order valence-electron chi connectivity index (χ3n) is 3.39. The van der Waals surface area contributed by atoms with Crippen molar-refractivity contribution in [2.45, 2.75) is 0 Å². The van der Waals surface area contributed by atoms with E-state index in [9.17, 15) is 4.79 Å². The largest absolute Gasteiger partial charge is 0.496 e. The summed E-state index contributed by atoms with van der Waals surface area (Å²) in [6, 6.07) is 3.26. The van der Waals surface area contributed by atoms with Crippen LogP contribution in [0.2, 0.25) is 15.2 Å². The zero-order valence-electron chi connectivity index (χ0n) is 14.5. The van der Waals surface area contributed by atoms with E-state index < -0.39 is 5.91 Å². The van der Waals surface area contributed by atoms with Crippen LogP contribution >= 0.6 is 34.8 Å². The zero-order valence-corrected chi connectivity index (χ0v) is 16.7. The van der Waals surface area contributed by atoms with E-state index in [0.29, 0.717) is 22.8 Å². The van der Waals surface area contributed by atoms with Crippen LogP contribution in [0.15, 0.2) is 17.2 Å². The number of methoxy groups -OCH3 is 3. The molecule has 0 unspecified atom stereocenters. The van der Waals surface area contributed by atoms with Crippen LogP contribution in [0.25, 0.3) is 0 Å². The van der Waals surface area contributed by atoms with Crippen LogP contribution in [-0.2, 0) is 0 Å². The van der Waals surface area contributed by atoms with E-state index >= 15 is 0 Å². The number of rotatable bonds is 6. The normalized spacial score (nSPS) is 10.7. The number of amides is 1. The molecule has 0 atom stereocenters. The smallest absolute Gasteiger partial charge is 0.291 e. The highest BCUT2D eigenvalue weighted by Gasteiger charge is 2.19. The number of ether oxygens (including phenoxy) is 3. The highest BCUT2D eigenvalue weighted by Crippen LogP contribution is 2.35. The van der Waals surface area contributed by atoms with Crippen molar-refractivity contribution in [1.29, 1.82) is 0 Å². The third kappa shape index (κ3) is 4.47. The molecule has 0 fully saturated rings. The first kappa shape index (κ1) is 20.9. The van der Waals surface area contributed by atoms with Gasteiger partial charge in [-0.1, -0.05) is 34.8 Å². The summed E-state index contributed by atoms with van der Waals surface area (Å²) in [5, 5.41) is 3.56. The van der Waals surface area contributed by atoms with Gasteiger partial charge in [-0.05, 0) is 6.07 Å². The highest BCUT2D eigenvalue weighted by molar-refractivity contribution is 6.46. The van der Waals surface area contributed by atoms with Gasteiger partial charge in [0.1, 0.15) is 10.8 Å². The standard InChI is InChI=1S/C16H15Cl3N4O4/c1-25-8-5-10(27-3)9(26-2)4-7(8)6-21-23-16(24)14-11(17)13(20)12(18)15(19)22-14/h4-6H,1-3H3,(H2,20,22)(H,23,24)/b21-6+. The van der Waals surface area contributed by atoms with E-state index in [0.717, 1.165) is 0 Å². The van der Waals surface area contributed by atoms with Crippen molar-refractivity contribution in [3.63, 3.8) is 0 Å². The molecule has 144 valence electrons. The van der Waals surface area contributed by atoms with Crippen LogP contribution in [0.1, 0.15) is 16.1 Å². The fraction of sp³-hybridized carbons (Fsp3) is 0.188. The lowest BCUT2D eigenvalue weighted by Gasteiger charge is -2.11. The van der Waals surface area contributed by atoms with Crippen molar-refractivity contribution in [3.05, 3.63) is 38.6 Å². The number of anilines is 1. The summed E-state index contributed by atoms with van der Waals surface area (Å²) in [6.07, 6.45) is 1.35. The Morgan fingerprint density at radius 1 is 1.07 bits per heavy atom. The highest BCUT2D eigenvalue weighted by atomic mass is 35.5. The molecule has 0 aliphatic carbocycles. The number of pyridine rings is 1. The number of carbonyl (C=O) groups is 1. The predicted molar refractivity (Wildman–Crippen MR) is 105 cm³/mol. The molecule has 0 aliphatic heterocycles. The second-order valence-electron chi connectivity index (χ2n) is 4.94. The van der Waals surface area contributed by atoms with Gasteiger partial charge in [0, 0.05) is 11.6 Å². The maximum atomic E-state index is 12.2. The van der Waals surface area contributed by atoms with Crippen LogP contribution in [-0.4, -0.2) is 38.4 Å². The maximum Gasteiger partial charge on any atom is 0.291 e. The van der Waals surface area contributed by atoms with Crippen molar-refractivity contribution >= 4 is 52.6 Å². The van der Waals surface area contributed by atoms with E-state index in [1.165, 1.54) is 27.5 Å². The van der Waals surface area contributed by atoms with Crippen LogP contribution in [0, 0.1) is 0 Å². The average Bonchev–Trinajstić information content (AvgIpc) is 2.68. The molecule has 8 nitrogen and oxygen atoms in total. The van der Waals surface area contributed by atoms with Gasteiger partial charge in [-0.3, -0.25) is 4.79 Å². The molecule has 0 saturated carbocycles. The van der Waals surface area contributed by atoms with Gasteiger partial charge in [0.2, 0.25) is 0 Å². The summed E-state index contributed by atoms with van der Waals surface area (Å²) in [5.74, 6) is 0.687. The van der Waals surface area contributed by atoms with Crippen LogP contribution in [0.4, 0.5) is 5.69 Å². The Balaban J connectivity index is 2.27. The molecule has 0 saturated heterocycles. The van der Waals surface area contributed by atoms with Crippen LogP contribution in [0.5, 0.6) is 17.2 Å². The van der Waals surface area contributed by atoms with Crippen LogP contribution in [0.3, 0.4) is 0 Å². The van der Waals surface area contributed by atoms with Gasteiger partial charge in [-0.2, -0.15) is 5.10 Å². The number of nitrogens with zero attached hydrogens (tertiary/aromatic N) is 2. The predicted octanol–water partition coefficient (Wildman–Crippen LogP) is 3.41. The Kier molecular flexibility index (Phi) is 6.95. The second-order valence-corrected chi connectivity index (χ2v) is 6.06. The molecule has 0 aliphatic rings. The van der Waals surface area contributed by atoms with Gasteiger partial charge < -0.3 is 19.9 Å².